The maximum absolute atomic E-state index is 13.7. The average Bonchev–Trinajstić information content (AvgIpc) is 3.05. The summed E-state index contributed by atoms with van der Waals surface area (Å²) in [5, 5.41) is 21.1. The fourth-order valence-corrected chi connectivity index (χ4v) is 4.97. The first-order valence-electron chi connectivity index (χ1n) is 12.3. The van der Waals surface area contributed by atoms with Crippen molar-refractivity contribution in [2.75, 3.05) is 23.0 Å². The van der Waals surface area contributed by atoms with Crippen LogP contribution in [0.15, 0.2) is 60.7 Å². The third-order valence-corrected chi connectivity index (χ3v) is 6.95. The highest BCUT2D eigenvalue weighted by Gasteiger charge is 2.52. The van der Waals surface area contributed by atoms with Crippen molar-refractivity contribution in [3.63, 3.8) is 0 Å². The first-order valence-corrected chi connectivity index (χ1v) is 12.3. The number of rotatable bonds is 7. The standard InChI is InChI=1S/C28H34N2O4/c1-21(11-8-10-18-31)28(34)24-19-23(29-17-9-3-2-7-14-26(29)32)15-16-25(24)30(27(28)33)20-22-12-5-4-6-13-22/h4-6,8,11-13,15-16,19,21,31,34H,2-3,7,9-10,14,17-18,20H2,1H3/b11-8+/t21-,28+/m1/s1. The molecule has 2 heterocycles. The maximum Gasteiger partial charge on any atom is 0.264 e. The minimum absolute atomic E-state index is 0.00747. The van der Waals surface area contributed by atoms with Crippen LogP contribution in [0.25, 0.3) is 0 Å². The van der Waals surface area contributed by atoms with E-state index in [4.69, 9.17) is 5.11 Å². The van der Waals surface area contributed by atoms with E-state index in [-0.39, 0.29) is 18.4 Å². The fraction of sp³-hybridized carbons (Fsp3) is 0.429. The van der Waals surface area contributed by atoms with Crippen LogP contribution in [0.3, 0.4) is 0 Å². The lowest BCUT2D eigenvalue weighted by molar-refractivity contribution is -0.139. The van der Waals surface area contributed by atoms with E-state index in [2.05, 4.69) is 0 Å². The highest BCUT2D eigenvalue weighted by Crippen LogP contribution is 2.47. The summed E-state index contributed by atoms with van der Waals surface area (Å²) >= 11 is 0. The second kappa shape index (κ2) is 10.5. The molecular formula is C28H34N2O4. The monoisotopic (exact) mass is 462 g/mol. The van der Waals surface area contributed by atoms with Gasteiger partial charge < -0.3 is 20.0 Å². The van der Waals surface area contributed by atoms with Gasteiger partial charge in [-0.25, -0.2) is 0 Å². The van der Waals surface area contributed by atoms with E-state index < -0.39 is 11.5 Å². The van der Waals surface area contributed by atoms with Crippen molar-refractivity contribution in [1.82, 2.24) is 0 Å². The Kier molecular flexibility index (Phi) is 7.49. The molecule has 0 bridgehead atoms. The summed E-state index contributed by atoms with van der Waals surface area (Å²) in [4.78, 5) is 30.0. The molecule has 180 valence electrons. The van der Waals surface area contributed by atoms with Crippen molar-refractivity contribution < 1.29 is 19.8 Å². The lowest BCUT2D eigenvalue weighted by Gasteiger charge is -2.29. The van der Waals surface area contributed by atoms with Gasteiger partial charge in [0.1, 0.15) is 0 Å². The average molecular weight is 463 g/mol. The van der Waals surface area contributed by atoms with Gasteiger partial charge in [-0.05, 0) is 43.0 Å². The number of carbonyl (C=O) groups excluding carboxylic acids is 2. The second-order valence-electron chi connectivity index (χ2n) is 9.28. The van der Waals surface area contributed by atoms with Crippen LogP contribution in [0, 0.1) is 5.92 Å². The molecule has 1 fully saturated rings. The lowest BCUT2D eigenvalue weighted by atomic mass is 9.82. The summed E-state index contributed by atoms with van der Waals surface area (Å²) in [5.74, 6) is -0.794. The molecule has 2 aromatic rings. The van der Waals surface area contributed by atoms with E-state index in [1.807, 2.05) is 55.5 Å². The maximum atomic E-state index is 13.7. The van der Waals surface area contributed by atoms with E-state index in [1.165, 1.54) is 0 Å². The second-order valence-corrected chi connectivity index (χ2v) is 9.28. The molecule has 1 saturated heterocycles. The molecule has 34 heavy (non-hydrogen) atoms. The molecule has 0 aromatic heterocycles. The SMILES string of the molecule is C[C@H](/C=C/CCO)[C@@]1(O)C(=O)N(Cc2ccccc2)c2ccc(N3CCCCCCC3=O)cc21. The molecule has 2 N–H and O–H groups in total. The molecule has 4 rings (SSSR count). The number of fused-ring (bicyclic) bond motifs is 1. The number of nitrogens with zero attached hydrogens (tertiary/aromatic N) is 2. The van der Waals surface area contributed by atoms with E-state index in [0.29, 0.717) is 37.2 Å². The number of aliphatic hydroxyl groups excluding tert-OH is 1. The van der Waals surface area contributed by atoms with Crippen LogP contribution < -0.4 is 9.80 Å². The minimum Gasteiger partial charge on any atom is -0.396 e. The largest absolute Gasteiger partial charge is 0.396 e. The summed E-state index contributed by atoms with van der Waals surface area (Å²) in [5.41, 5.74) is 1.14. The van der Waals surface area contributed by atoms with E-state index in [9.17, 15) is 14.7 Å². The van der Waals surface area contributed by atoms with Crippen molar-refractivity contribution in [3.05, 3.63) is 71.8 Å². The van der Waals surface area contributed by atoms with Crippen LogP contribution in [0.1, 0.15) is 56.6 Å². The van der Waals surface area contributed by atoms with Crippen LogP contribution in [-0.4, -0.2) is 35.2 Å². The van der Waals surface area contributed by atoms with Gasteiger partial charge in [-0.3, -0.25) is 9.59 Å². The van der Waals surface area contributed by atoms with Gasteiger partial charge in [-0.15, -0.1) is 0 Å². The molecule has 2 aliphatic rings. The molecule has 2 aliphatic heterocycles. The zero-order chi connectivity index (χ0) is 24.1. The first kappa shape index (κ1) is 24.2. The quantitative estimate of drug-likeness (QED) is 0.602. The van der Waals surface area contributed by atoms with E-state index in [0.717, 1.165) is 36.9 Å². The van der Waals surface area contributed by atoms with Crippen LogP contribution in [-0.2, 0) is 21.7 Å². The summed E-state index contributed by atoms with van der Waals surface area (Å²) in [6.45, 7) is 2.82. The Morgan fingerprint density at radius 2 is 1.82 bits per heavy atom. The predicted octanol–water partition coefficient (Wildman–Crippen LogP) is 4.29. The third-order valence-electron chi connectivity index (χ3n) is 6.95. The zero-order valence-corrected chi connectivity index (χ0v) is 19.8. The Balaban J connectivity index is 1.76. The zero-order valence-electron chi connectivity index (χ0n) is 19.8. The molecule has 2 amide bonds. The van der Waals surface area contributed by atoms with Gasteiger partial charge >= 0.3 is 0 Å². The molecule has 2 aromatic carbocycles. The Morgan fingerprint density at radius 1 is 1.06 bits per heavy atom. The fourth-order valence-electron chi connectivity index (χ4n) is 4.97. The Labute approximate surface area is 201 Å². The van der Waals surface area contributed by atoms with Gasteiger partial charge in [0.2, 0.25) is 5.91 Å². The van der Waals surface area contributed by atoms with Crippen molar-refractivity contribution in [1.29, 1.82) is 0 Å². The summed E-state index contributed by atoms with van der Waals surface area (Å²) < 4.78 is 0. The summed E-state index contributed by atoms with van der Waals surface area (Å²) in [6.07, 6.45) is 8.54. The van der Waals surface area contributed by atoms with Gasteiger partial charge in [0.25, 0.3) is 5.91 Å². The van der Waals surface area contributed by atoms with Crippen LogP contribution >= 0.6 is 0 Å². The topological polar surface area (TPSA) is 81.1 Å². The van der Waals surface area contributed by atoms with Crippen molar-refractivity contribution >= 4 is 23.2 Å². The van der Waals surface area contributed by atoms with Gasteiger partial charge in [0.15, 0.2) is 5.60 Å². The van der Waals surface area contributed by atoms with Crippen LogP contribution in [0.2, 0.25) is 0 Å². The summed E-state index contributed by atoms with van der Waals surface area (Å²) in [7, 11) is 0. The van der Waals surface area contributed by atoms with Crippen LogP contribution in [0.5, 0.6) is 0 Å². The molecule has 2 atom stereocenters. The molecular weight excluding hydrogens is 428 g/mol. The van der Waals surface area contributed by atoms with E-state index >= 15 is 0 Å². The highest BCUT2D eigenvalue weighted by atomic mass is 16.3. The van der Waals surface area contributed by atoms with Gasteiger partial charge in [-0.2, -0.15) is 0 Å². The van der Waals surface area contributed by atoms with Gasteiger partial charge in [0, 0.05) is 36.7 Å². The van der Waals surface area contributed by atoms with E-state index in [1.54, 1.807) is 22.0 Å². The van der Waals surface area contributed by atoms with Crippen molar-refractivity contribution in [2.24, 2.45) is 5.92 Å². The molecule has 0 spiro atoms. The Bertz CT molecular complexity index is 1050. The minimum atomic E-state index is -1.75. The molecule has 0 saturated carbocycles. The Morgan fingerprint density at radius 3 is 2.59 bits per heavy atom. The number of hydrogen-bond donors (Lipinski definition) is 2. The highest BCUT2D eigenvalue weighted by molar-refractivity contribution is 6.08. The number of amides is 2. The number of hydrogen-bond acceptors (Lipinski definition) is 4. The smallest absolute Gasteiger partial charge is 0.264 e. The first-order chi connectivity index (χ1) is 16.5. The molecule has 0 radical (unpaired) electrons. The van der Waals surface area contributed by atoms with Crippen LogP contribution in [0.4, 0.5) is 11.4 Å². The molecule has 6 heteroatoms. The molecule has 6 nitrogen and oxygen atoms in total. The number of carbonyl (C=O) groups is 2. The predicted molar refractivity (Wildman–Crippen MR) is 133 cm³/mol. The van der Waals surface area contributed by atoms with Crippen molar-refractivity contribution in [3.8, 4) is 0 Å². The van der Waals surface area contributed by atoms with Gasteiger partial charge in [-0.1, -0.05) is 62.2 Å². The van der Waals surface area contributed by atoms with Crippen molar-refractivity contribution in [2.45, 2.75) is 57.6 Å². The number of aliphatic hydroxyl groups is 2. The third kappa shape index (κ3) is 4.65. The molecule has 0 unspecified atom stereocenters. The lowest BCUT2D eigenvalue weighted by Crippen LogP contribution is -2.44. The molecule has 0 aliphatic carbocycles. The number of anilines is 2. The normalized spacial score (nSPS) is 22.1. The van der Waals surface area contributed by atoms with Gasteiger partial charge in [0.05, 0.1) is 12.2 Å². The Hall–Kier alpha value is -2.96. The number of benzene rings is 2. The summed E-state index contributed by atoms with van der Waals surface area (Å²) in [6, 6.07) is 15.3.